The van der Waals surface area contributed by atoms with E-state index in [4.69, 9.17) is 21.1 Å². The van der Waals surface area contributed by atoms with E-state index >= 15 is 0 Å². The van der Waals surface area contributed by atoms with Crippen LogP contribution in [0.25, 0.3) is 6.08 Å². The summed E-state index contributed by atoms with van der Waals surface area (Å²) in [6, 6.07) is 8.11. The van der Waals surface area contributed by atoms with E-state index in [1.165, 1.54) is 19.3 Å². The van der Waals surface area contributed by atoms with Gasteiger partial charge in [-0.25, -0.2) is 4.39 Å². The van der Waals surface area contributed by atoms with E-state index in [1.54, 1.807) is 30.3 Å². The highest BCUT2D eigenvalue weighted by Gasteiger charge is 2.19. The summed E-state index contributed by atoms with van der Waals surface area (Å²) < 4.78 is 25.8. The van der Waals surface area contributed by atoms with E-state index in [0.717, 1.165) is 32.7 Å². The first-order valence-corrected chi connectivity index (χ1v) is 11.2. The van der Waals surface area contributed by atoms with Crippen molar-refractivity contribution in [3.05, 3.63) is 58.4 Å². The number of hydrogen-bond donors (Lipinski definition) is 0. The average Bonchev–Trinajstić information content (AvgIpc) is 2.78. The third-order valence-electron chi connectivity index (χ3n) is 5.42. The second-order valence-electron chi connectivity index (χ2n) is 7.99. The summed E-state index contributed by atoms with van der Waals surface area (Å²) >= 11 is 6.34. The molecule has 32 heavy (non-hydrogen) atoms. The lowest BCUT2D eigenvalue weighted by molar-refractivity contribution is 0.104. The number of carbonyl (C=O) groups is 1. The number of likely N-dealkylation sites (N-methyl/N-ethyl adjacent to an activating group) is 1. The summed E-state index contributed by atoms with van der Waals surface area (Å²) in [7, 11) is 1.53. The largest absolute Gasteiger partial charge is 0.493 e. The van der Waals surface area contributed by atoms with E-state index < -0.39 is 0 Å². The van der Waals surface area contributed by atoms with Gasteiger partial charge in [0.1, 0.15) is 5.82 Å². The number of benzene rings is 2. The lowest BCUT2D eigenvalue weighted by Gasteiger charge is -2.35. The van der Waals surface area contributed by atoms with Crippen molar-refractivity contribution in [2.24, 2.45) is 0 Å². The molecule has 1 saturated heterocycles. The summed E-state index contributed by atoms with van der Waals surface area (Å²) in [4.78, 5) is 17.0. The van der Waals surface area contributed by atoms with Crippen molar-refractivity contribution in [1.29, 1.82) is 0 Å². The molecule has 5 nitrogen and oxygen atoms in total. The van der Waals surface area contributed by atoms with Crippen molar-refractivity contribution in [1.82, 2.24) is 4.90 Å². The Bertz CT molecular complexity index is 985. The van der Waals surface area contributed by atoms with Gasteiger partial charge in [-0.1, -0.05) is 24.6 Å². The van der Waals surface area contributed by atoms with Crippen LogP contribution >= 0.6 is 11.6 Å². The molecule has 0 atom stereocenters. The summed E-state index contributed by atoms with van der Waals surface area (Å²) in [5.41, 5.74) is 1.52. The molecule has 3 rings (SSSR count). The highest BCUT2D eigenvalue weighted by Crippen LogP contribution is 2.37. The normalized spacial score (nSPS) is 14.9. The molecule has 0 aliphatic carbocycles. The molecule has 0 bridgehead atoms. The van der Waals surface area contributed by atoms with Crippen LogP contribution in [0.1, 0.15) is 36.7 Å². The highest BCUT2D eigenvalue weighted by molar-refractivity contribution is 6.32. The van der Waals surface area contributed by atoms with Crippen LogP contribution in [0.5, 0.6) is 11.5 Å². The van der Waals surface area contributed by atoms with E-state index in [9.17, 15) is 9.18 Å². The van der Waals surface area contributed by atoms with Crippen molar-refractivity contribution in [3.8, 4) is 11.5 Å². The molecule has 2 aromatic rings. The number of ketones is 1. The van der Waals surface area contributed by atoms with Gasteiger partial charge in [0, 0.05) is 31.7 Å². The lowest BCUT2D eigenvalue weighted by Crippen LogP contribution is -2.46. The monoisotopic (exact) mass is 460 g/mol. The van der Waals surface area contributed by atoms with Crippen LogP contribution in [0.15, 0.2) is 36.4 Å². The Hall–Kier alpha value is -2.57. The maximum atomic E-state index is 14.8. The molecule has 1 aliphatic rings. The Labute approximate surface area is 194 Å². The topological polar surface area (TPSA) is 42.0 Å². The summed E-state index contributed by atoms with van der Waals surface area (Å²) in [5, 5.41) is 0.392. The molecule has 0 unspecified atom stereocenters. The molecular formula is C25H30ClFN2O3. The van der Waals surface area contributed by atoms with E-state index in [2.05, 4.69) is 11.8 Å². The molecule has 0 amide bonds. The third-order valence-corrected chi connectivity index (χ3v) is 5.71. The van der Waals surface area contributed by atoms with Crippen molar-refractivity contribution >= 4 is 29.1 Å². The predicted octanol–water partition coefficient (Wildman–Crippen LogP) is 5.31. The van der Waals surface area contributed by atoms with Gasteiger partial charge in [0.2, 0.25) is 0 Å². The molecule has 7 heteroatoms. The first-order valence-electron chi connectivity index (χ1n) is 10.9. The SMILES string of the molecule is CCN1CCN(c2ccc(C(=O)/C=C/c3cc(Cl)c(OC(C)C)c(OC)c3)cc2F)CC1. The number of ether oxygens (including phenoxy) is 2. The highest BCUT2D eigenvalue weighted by atomic mass is 35.5. The Morgan fingerprint density at radius 1 is 1.19 bits per heavy atom. The number of piperazine rings is 1. The van der Waals surface area contributed by atoms with Crippen molar-refractivity contribution < 1.29 is 18.7 Å². The minimum Gasteiger partial charge on any atom is -0.493 e. The van der Waals surface area contributed by atoms with Crippen molar-refractivity contribution in [3.63, 3.8) is 0 Å². The van der Waals surface area contributed by atoms with Crippen LogP contribution in [0.2, 0.25) is 5.02 Å². The Kier molecular flexibility index (Phi) is 8.15. The number of anilines is 1. The minimum absolute atomic E-state index is 0.0576. The van der Waals surface area contributed by atoms with Crippen LogP contribution in [0.3, 0.4) is 0 Å². The smallest absolute Gasteiger partial charge is 0.185 e. The molecule has 0 spiro atoms. The van der Waals surface area contributed by atoms with Crippen LogP contribution in [0.4, 0.5) is 10.1 Å². The Morgan fingerprint density at radius 2 is 1.91 bits per heavy atom. The molecule has 1 aliphatic heterocycles. The molecule has 0 aromatic heterocycles. The van der Waals surface area contributed by atoms with Gasteiger partial charge >= 0.3 is 0 Å². The van der Waals surface area contributed by atoms with Gasteiger partial charge in [0.05, 0.1) is 23.9 Å². The molecule has 172 valence electrons. The number of halogens is 2. The first-order chi connectivity index (χ1) is 15.3. The summed E-state index contributed by atoms with van der Waals surface area (Å²) in [5.74, 6) is 0.278. The summed E-state index contributed by atoms with van der Waals surface area (Å²) in [6.45, 7) is 10.3. The summed E-state index contributed by atoms with van der Waals surface area (Å²) in [6.07, 6.45) is 2.98. The number of carbonyl (C=O) groups excluding carboxylic acids is 1. The van der Waals surface area contributed by atoms with Gasteiger partial charge in [-0.3, -0.25) is 4.79 Å². The lowest BCUT2D eigenvalue weighted by atomic mass is 10.1. The van der Waals surface area contributed by atoms with E-state index in [-0.39, 0.29) is 17.7 Å². The number of methoxy groups -OCH3 is 1. The Balaban J connectivity index is 1.73. The fraction of sp³-hybridized carbons (Fsp3) is 0.400. The quantitative estimate of drug-likeness (QED) is 0.394. The molecule has 0 radical (unpaired) electrons. The van der Waals surface area contributed by atoms with Gasteiger partial charge in [-0.05, 0) is 62.4 Å². The second-order valence-corrected chi connectivity index (χ2v) is 8.39. The predicted molar refractivity (Wildman–Crippen MR) is 128 cm³/mol. The van der Waals surface area contributed by atoms with Crippen molar-refractivity contribution in [2.75, 3.05) is 44.7 Å². The van der Waals surface area contributed by atoms with Crippen LogP contribution < -0.4 is 14.4 Å². The zero-order chi connectivity index (χ0) is 23.3. The molecule has 1 fully saturated rings. The molecule has 0 saturated carbocycles. The number of hydrogen-bond acceptors (Lipinski definition) is 5. The molecular weight excluding hydrogens is 431 g/mol. The van der Waals surface area contributed by atoms with Gasteiger partial charge in [-0.2, -0.15) is 0 Å². The molecule has 0 N–H and O–H groups in total. The van der Waals surface area contributed by atoms with Gasteiger partial charge < -0.3 is 19.3 Å². The zero-order valence-electron chi connectivity index (χ0n) is 19.0. The van der Waals surface area contributed by atoms with Crippen molar-refractivity contribution in [2.45, 2.75) is 26.9 Å². The van der Waals surface area contributed by atoms with Gasteiger partial charge in [0.15, 0.2) is 17.3 Å². The van der Waals surface area contributed by atoms with Gasteiger partial charge in [-0.15, -0.1) is 0 Å². The van der Waals surface area contributed by atoms with Crippen LogP contribution in [-0.2, 0) is 0 Å². The fourth-order valence-electron chi connectivity index (χ4n) is 3.68. The zero-order valence-corrected chi connectivity index (χ0v) is 19.8. The number of allylic oxidation sites excluding steroid dienone is 1. The van der Waals surface area contributed by atoms with Gasteiger partial charge in [0.25, 0.3) is 0 Å². The maximum absolute atomic E-state index is 14.8. The second kappa shape index (κ2) is 10.8. The fourth-order valence-corrected chi connectivity index (χ4v) is 3.94. The number of rotatable bonds is 8. The standard InChI is InChI=1S/C25H30ClFN2O3/c1-5-28-10-12-29(13-11-28)22-8-7-19(16-21(22)27)23(30)9-6-18-14-20(26)25(32-17(2)3)24(15-18)31-4/h6-9,14-17H,5,10-13H2,1-4H3/b9-6+. The molecule has 2 aromatic carbocycles. The number of nitrogens with zero attached hydrogens (tertiary/aromatic N) is 2. The Morgan fingerprint density at radius 3 is 2.50 bits per heavy atom. The van der Waals surface area contributed by atoms with E-state index in [0.29, 0.717) is 33.3 Å². The molecule has 1 heterocycles. The first kappa shape index (κ1) is 24.1. The average molecular weight is 461 g/mol. The van der Waals surface area contributed by atoms with Crippen LogP contribution in [0, 0.1) is 5.82 Å². The third kappa shape index (κ3) is 5.81. The van der Waals surface area contributed by atoms with Crippen LogP contribution in [-0.4, -0.2) is 56.6 Å². The minimum atomic E-state index is -0.380. The maximum Gasteiger partial charge on any atom is 0.185 e. The van der Waals surface area contributed by atoms with E-state index in [1.807, 2.05) is 18.7 Å².